The van der Waals surface area contributed by atoms with Crippen LogP contribution in [0.1, 0.15) is 12.5 Å². The predicted molar refractivity (Wildman–Crippen MR) is 102 cm³/mol. The van der Waals surface area contributed by atoms with E-state index in [-0.39, 0.29) is 12.5 Å². The minimum Gasteiger partial charge on any atom is -0.481 e. The van der Waals surface area contributed by atoms with Crippen LogP contribution in [0.5, 0.6) is 5.75 Å². The van der Waals surface area contributed by atoms with Gasteiger partial charge < -0.3 is 14.8 Å². The van der Waals surface area contributed by atoms with Crippen LogP contribution in [0.25, 0.3) is 6.08 Å². The SMILES string of the molecule is COC(=O)COc1ccc(Br)cc1C=CC(C)=C1SC(=S)NC1=O. The summed E-state index contributed by atoms with van der Waals surface area (Å²) < 4.78 is 11.4. The van der Waals surface area contributed by atoms with Gasteiger partial charge in [-0.25, -0.2) is 4.79 Å². The van der Waals surface area contributed by atoms with Gasteiger partial charge in [0.05, 0.1) is 12.0 Å². The number of benzene rings is 1. The summed E-state index contributed by atoms with van der Waals surface area (Å²) in [5.74, 6) is -0.112. The van der Waals surface area contributed by atoms with Gasteiger partial charge in [0.1, 0.15) is 10.1 Å². The van der Waals surface area contributed by atoms with Crippen molar-refractivity contribution in [2.24, 2.45) is 0 Å². The molecule has 8 heteroatoms. The molecule has 1 fully saturated rings. The van der Waals surface area contributed by atoms with Crippen molar-refractivity contribution in [2.75, 3.05) is 13.7 Å². The fraction of sp³-hybridized carbons (Fsp3) is 0.188. The monoisotopic (exact) mass is 427 g/mol. The lowest BCUT2D eigenvalue weighted by Gasteiger charge is -2.09. The minimum atomic E-state index is -0.460. The van der Waals surface area contributed by atoms with Crippen LogP contribution in [0.2, 0.25) is 0 Å². The molecule has 1 N–H and O–H groups in total. The molecule has 0 aliphatic carbocycles. The van der Waals surface area contributed by atoms with E-state index in [0.29, 0.717) is 15.0 Å². The summed E-state index contributed by atoms with van der Waals surface area (Å²) in [4.78, 5) is 23.6. The molecule has 0 bridgehead atoms. The zero-order valence-corrected chi connectivity index (χ0v) is 16.1. The maximum Gasteiger partial charge on any atom is 0.343 e. The minimum absolute atomic E-state index is 0.175. The Morgan fingerprint density at radius 3 is 2.83 bits per heavy atom. The molecule has 126 valence electrons. The van der Waals surface area contributed by atoms with Gasteiger partial charge in [0.15, 0.2) is 6.61 Å². The first-order valence-electron chi connectivity index (χ1n) is 6.82. The lowest BCUT2D eigenvalue weighted by atomic mass is 10.1. The molecule has 1 aliphatic rings. The number of methoxy groups -OCH3 is 1. The van der Waals surface area contributed by atoms with E-state index in [0.717, 1.165) is 15.6 Å². The lowest BCUT2D eigenvalue weighted by molar-refractivity contribution is -0.142. The molecule has 0 spiro atoms. The van der Waals surface area contributed by atoms with Crippen LogP contribution in [0, 0.1) is 0 Å². The molecule has 1 aromatic carbocycles. The van der Waals surface area contributed by atoms with Gasteiger partial charge in [-0.1, -0.05) is 52.1 Å². The Hall–Kier alpha value is -1.64. The maximum absolute atomic E-state index is 11.8. The van der Waals surface area contributed by atoms with Crippen LogP contribution in [-0.2, 0) is 14.3 Å². The number of carbonyl (C=O) groups is 2. The van der Waals surface area contributed by atoms with E-state index < -0.39 is 5.97 Å². The lowest BCUT2D eigenvalue weighted by Crippen LogP contribution is -2.18. The van der Waals surface area contributed by atoms with Crippen LogP contribution in [0.4, 0.5) is 0 Å². The standard InChI is InChI=1S/C16H14BrNO4S2/c1-9(14-15(20)18-16(23)24-14)3-4-10-7-11(17)5-6-12(10)22-8-13(19)21-2/h3-7H,8H2,1-2H3,(H,18,20,23). The van der Waals surface area contributed by atoms with Crippen LogP contribution in [0.15, 0.2) is 39.2 Å². The normalized spacial score (nSPS) is 16.3. The highest BCUT2D eigenvalue weighted by molar-refractivity contribution is 9.10. The molecular formula is C16H14BrNO4S2. The summed E-state index contributed by atoms with van der Waals surface area (Å²) in [5, 5.41) is 2.59. The van der Waals surface area contributed by atoms with Gasteiger partial charge in [0.25, 0.3) is 5.91 Å². The predicted octanol–water partition coefficient (Wildman–Crippen LogP) is 3.44. The summed E-state index contributed by atoms with van der Waals surface area (Å²) in [5.41, 5.74) is 1.55. The Morgan fingerprint density at radius 1 is 1.46 bits per heavy atom. The maximum atomic E-state index is 11.8. The molecule has 0 radical (unpaired) electrons. The third-order valence-electron chi connectivity index (χ3n) is 3.03. The highest BCUT2D eigenvalue weighted by Crippen LogP contribution is 2.29. The number of esters is 1. The van der Waals surface area contributed by atoms with Crippen molar-refractivity contribution >= 4 is 62.2 Å². The number of halogens is 1. The quantitative estimate of drug-likeness (QED) is 0.441. The Labute approximate surface area is 157 Å². The molecule has 1 saturated heterocycles. The third-order valence-corrected chi connectivity index (χ3v) is 4.88. The number of rotatable bonds is 5. The number of hydrogen-bond acceptors (Lipinski definition) is 6. The molecule has 0 atom stereocenters. The van der Waals surface area contributed by atoms with Crippen molar-refractivity contribution in [3.8, 4) is 5.75 Å². The van der Waals surface area contributed by atoms with E-state index in [2.05, 4.69) is 26.0 Å². The highest BCUT2D eigenvalue weighted by atomic mass is 79.9. The zero-order valence-electron chi connectivity index (χ0n) is 12.9. The Kier molecular flexibility index (Phi) is 6.59. The molecule has 0 aromatic heterocycles. The van der Waals surface area contributed by atoms with Gasteiger partial charge in [0, 0.05) is 10.0 Å². The number of hydrogen-bond donors (Lipinski definition) is 1. The highest BCUT2D eigenvalue weighted by Gasteiger charge is 2.23. The van der Waals surface area contributed by atoms with E-state index in [1.807, 2.05) is 31.2 Å². The Morgan fingerprint density at radius 2 is 2.21 bits per heavy atom. The van der Waals surface area contributed by atoms with Gasteiger partial charge in [-0.2, -0.15) is 0 Å². The fourth-order valence-corrected chi connectivity index (χ4v) is 3.26. The van der Waals surface area contributed by atoms with E-state index >= 15 is 0 Å². The molecule has 0 unspecified atom stereocenters. The van der Waals surface area contributed by atoms with E-state index in [4.69, 9.17) is 17.0 Å². The van der Waals surface area contributed by atoms with Crippen molar-refractivity contribution in [1.29, 1.82) is 0 Å². The number of thiocarbonyl (C=S) groups is 1. The van der Waals surface area contributed by atoms with Crippen molar-refractivity contribution in [2.45, 2.75) is 6.92 Å². The summed E-state index contributed by atoms with van der Waals surface area (Å²) in [6, 6.07) is 5.42. The average molecular weight is 428 g/mol. The number of thioether (sulfide) groups is 1. The molecular weight excluding hydrogens is 414 g/mol. The van der Waals surface area contributed by atoms with Crippen LogP contribution >= 0.6 is 39.9 Å². The molecule has 1 aromatic rings. The van der Waals surface area contributed by atoms with E-state index in [1.54, 1.807) is 6.07 Å². The van der Waals surface area contributed by atoms with Crippen molar-refractivity contribution in [1.82, 2.24) is 5.32 Å². The van der Waals surface area contributed by atoms with Crippen LogP contribution in [0.3, 0.4) is 0 Å². The zero-order chi connectivity index (χ0) is 17.7. The first-order chi connectivity index (χ1) is 11.4. The number of allylic oxidation sites excluding steroid dienone is 2. The second-order valence-corrected chi connectivity index (χ2v) is 7.34. The van der Waals surface area contributed by atoms with Gasteiger partial charge in [0.2, 0.25) is 0 Å². The summed E-state index contributed by atoms with van der Waals surface area (Å²) in [7, 11) is 1.30. The van der Waals surface area contributed by atoms with Crippen molar-refractivity contribution in [3.63, 3.8) is 0 Å². The summed E-state index contributed by atoms with van der Waals surface area (Å²) >= 11 is 9.62. The molecule has 2 rings (SSSR count). The van der Waals surface area contributed by atoms with Gasteiger partial charge >= 0.3 is 5.97 Å². The Balaban J connectivity index is 2.23. The van der Waals surface area contributed by atoms with Crippen molar-refractivity contribution in [3.05, 3.63) is 44.8 Å². The molecule has 24 heavy (non-hydrogen) atoms. The molecule has 5 nitrogen and oxygen atoms in total. The third kappa shape index (κ3) is 4.93. The number of nitrogens with one attached hydrogen (secondary N) is 1. The molecule has 1 aliphatic heterocycles. The topological polar surface area (TPSA) is 64.6 Å². The Bertz CT molecular complexity index is 758. The molecule has 1 heterocycles. The number of ether oxygens (including phenoxy) is 2. The molecule has 1 amide bonds. The first-order valence-corrected chi connectivity index (χ1v) is 8.83. The first kappa shape index (κ1) is 18.7. The van der Waals surface area contributed by atoms with Gasteiger partial charge in [-0.3, -0.25) is 4.79 Å². The van der Waals surface area contributed by atoms with E-state index in [1.165, 1.54) is 18.9 Å². The second-order valence-electron chi connectivity index (χ2n) is 4.74. The average Bonchev–Trinajstić information content (AvgIpc) is 2.89. The van der Waals surface area contributed by atoms with Crippen molar-refractivity contribution < 1.29 is 19.1 Å². The number of carbonyl (C=O) groups excluding carboxylic acids is 2. The molecule has 0 saturated carbocycles. The largest absolute Gasteiger partial charge is 0.481 e. The second kappa shape index (κ2) is 8.46. The fourth-order valence-electron chi connectivity index (χ4n) is 1.84. The van der Waals surface area contributed by atoms with Gasteiger partial charge in [-0.05, 0) is 30.7 Å². The smallest absolute Gasteiger partial charge is 0.343 e. The van der Waals surface area contributed by atoms with Crippen LogP contribution < -0.4 is 10.1 Å². The summed E-state index contributed by atoms with van der Waals surface area (Å²) in [6.07, 6.45) is 3.62. The van der Waals surface area contributed by atoms with Crippen LogP contribution in [-0.4, -0.2) is 29.9 Å². The van der Waals surface area contributed by atoms with E-state index in [9.17, 15) is 9.59 Å². The van der Waals surface area contributed by atoms with Gasteiger partial charge in [-0.15, -0.1) is 0 Å². The summed E-state index contributed by atoms with van der Waals surface area (Å²) in [6.45, 7) is 1.66. The number of amides is 1.